The second kappa shape index (κ2) is 10.1. The third-order valence-corrected chi connectivity index (χ3v) is 6.08. The number of ether oxygens (including phenoxy) is 2. The molecule has 3 N–H and O–H groups in total. The molecule has 1 amide bonds. The van der Waals surface area contributed by atoms with Crippen LogP contribution in [0.4, 0.5) is 5.69 Å². The van der Waals surface area contributed by atoms with E-state index in [-0.39, 0.29) is 48.0 Å². The number of carbonyl (C=O) groups excluding carboxylic acids is 1. The molecule has 0 bridgehead atoms. The third kappa shape index (κ3) is 5.31. The first-order chi connectivity index (χ1) is 11.9. The van der Waals surface area contributed by atoms with Gasteiger partial charge in [0.05, 0.1) is 19.6 Å². The molecule has 1 unspecified atom stereocenters. The molecule has 0 aromatic heterocycles. The van der Waals surface area contributed by atoms with Crippen molar-refractivity contribution in [1.82, 2.24) is 4.31 Å². The Morgan fingerprint density at radius 2 is 1.96 bits per heavy atom. The van der Waals surface area contributed by atoms with E-state index < -0.39 is 10.0 Å². The van der Waals surface area contributed by atoms with E-state index in [0.29, 0.717) is 18.8 Å². The average Bonchev–Trinajstić information content (AvgIpc) is 3.14. The van der Waals surface area contributed by atoms with Crippen LogP contribution in [0.15, 0.2) is 23.1 Å². The van der Waals surface area contributed by atoms with Gasteiger partial charge in [0, 0.05) is 38.5 Å². The number of halogens is 1. The second-order valence-electron chi connectivity index (χ2n) is 5.82. The zero-order valence-corrected chi connectivity index (χ0v) is 16.6. The summed E-state index contributed by atoms with van der Waals surface area (Å²) in [7, 11) is -0.700. The van der Waals surface area contributed by atoms with Crippen LogP contribution < -0.4 is 15.8 Å². The van der Waals surface area contributed by atoms with Gasteiger partial charge in [0.25, 0.3) is 0 Å². The summed E-state index contributed by atoms with van der Waals surface area (Å²) in [6, 6.07) is 4.51. The molecule has 0 radical (unpaired) electrons. The molecule has 2 rings (SSSR count). The fourth-order valence-electron chi connectivity index (χ4n) is 2.71. The Balaban J connectivity index is 0.00000338. The summed E-state index contributed by atoms with van der Waals surface area (Å²) in [6.45, 7) is 1.27. The SMILES string of the molecule is COc1cc(NC(=O)CC(CN)OC)ccc1S(=O)(=O)N1CCCC1.Cl. The highest BCUT2D eigenvalue weighted by Gasteiger charge is 2.30. The highest BCUT2D eigenvalue weighted by atomic mass is 35.5. The lowest BCUT2D eigenvalue weighted by molar-refractivity contribution is -0.118. The first-order valence-electron chi connectivity index (χ1n) is 8.13. The van der Waals surface area contributed by atoms with Crippen LogP contribution in [0.5, 0.6) is 5.75 Å². The van der Waals surface area contributed by atoms with Crippen LogP contribution in [0.25, 0.3) is 0 Å². The van der Waals surface area contributed by atoms with Crippen molar-refractivity contribution < 1.29 is 22.7 Å². The van der Waals surface area contributed by atoms with Crippen molar-refractivity contribution in [3.05, 3.63) is 18.2 Å². The van der Waals surface area contributed by atoms with Gasteiger partial charge < -0.3 is 20.5 Å². The molecule has 1 aliphatic heterocycles. The van der Waals surface area contributed by atoms with Gasteiger partial charge in [0.15, 0.2) is 0 Å². The first kappa shape index (κ1) is 22.7. The topological polar surface area (TPSA) is 111 Å². The van der Waals surface area contributed by atoms with Gasteiger partial charge in [-0.15, -0.1) is 12.4 Å². The molecule has 0 saturated carbocycles. The van der Waals surface area contributed by atoms with E-state index >= 15 is 0 Å². The maximum atomic E-state index is 12.7. The van der Waals surface area contributed by atoms with Gasteiger partial charge >= 0.3 is 0 Å². The van der Waals surface area contributed by atoms with E-state index in [2.05, 4.69) is 5.32 Å². The van der Waals surface area contributed by atoms with E-state index in [1.54, 1.807) is 6.07 Å². The van der Waals surface area contributed by atoms with Crippen molar-refractivity contribution >= 4 is 34.0 Å². The van der Waals surface area contributed by atoms with Gasteiger partial charge in [-0.2, -0.15) is 4.31 Å². The highest BCUT2D eigenvalue weighted by Crippen LogP contribution is 2.31. The number of benzene rings is 1. The summed E-state index contributed by atoms with van der Waals surface area (Å²) >= 11 is 0. The van der Waals surface area contributed by atoms with Gasteiger partial charge in [-0.05, 0) is 25.0 Å². The average molecular weight is 408 g/mol. The summed E-state index contributed by atoms with van der Waals surface area (Å²) in [5.41, 5.74) is 5.95. The van der Waals surface area contributed by atoms with Crippen molar-refractivity contribution in [2.75, 3.05) is 39.2 Å². The summed E-state index contributed by atoms with van der Waals surface area (Å²) in [5.74, 6) is -0.0682. The zero-order chi connectivity index (χ0) is 18.4. The van der Waals surface area contributed by atoms with Crippen molar-refractivity contribution in [3.8, 4) is 5.75 Å². The van der Waals surface area contributed by atoms with E-state index in [1.807, 2.05) is 0 Å². The molecule has 10 heteroatoms. The van der Waals surface area contributed by atoms with Crippen LogP contribution in [0.3, 0.4) is 0 Å². The molecule has 1 aromatic rings. The number of sulfonamides is 1. The fraction of sp³-hybridized carbons (Fsp3) is 0.562. The number of rotatable bonds is 8. The molecule has 8 nitrogen and oxygen atoms in total. The lowest BCUT2D eigenvalue weighted by Gasteiger charge is -2.18. The van der Waals surface area contributed by atoms with Gasteiger partial charge in [0.2, 0.25) is 15.9 Å². The summed E-state index contributed by atoms with van der Waals surface area (Å²) < 4.78 is 37.2. The normalized spacial score (nSPS) is 16.0. The van der Waals surface area contributed by atoms with Crippen LogP contribution in [0.1, 0.15) is 19.3 Å². The molecule has 1 aliphatic rings. The predicted octanol–water partition coefficient (Wildman–Crippen LogP) is 1.20. The van der Waals surface area contributed by atoms with Gasteiger partial charge in [-0.25, -0.2) is 8.42 Å². The van der Waals surface area contributed by atoms with Crippen LogP contribution in [0, 0.1) is 0 Å². The molecule has 148 valence electrons. The maximum Gasteiger partial charge on any atom is 0.246 e. The largest absolute Gasteiger partial charge is 0.495 e. The number of hydrogen-bond donors (Lipinski definition) is 2. The Labute approximate surface area is 160 Å². The standard InChI is InChI=1S/C16H25N3O5S.ClH/c1-23-13(11-17)10-16(20)18-12-5-6-15(14(9-12)24-2)25(21,22)19-7-3-4-8-19;/h5-6,9,13H,3-4,7-8,10-11,17H2,1-2H3,(H,18,20);1H. The number of amides is 1. The minimum absolute atomic E-state index is 0. The Bertz CT molecular complexity index is 704. The van der Waals surface area contributed by atoms with Crippen LogP contribution in [-0.4, -0.2) is 58.6 Å². The summed E-state index contributed by atoms with van der Waals surface area (Å²) in [5, 5.41) is 2.70. The molecular weight excluding hydrogens is 382 g/mol. The van der Waals surface area contributed by atoms with Crippen molar-refractivity contribution in [1.29, 1.82) is 0 Å². The number of anilines is 1. The quantitative estimate of drug-likeness (QED) is 0.669. The minimum atomic E-state index is -3.59. The lowest BCUT2D eigenvalue weighted by atomic mass is 10.2. The number of hydrogen-bond acceptors (Lipinski definition) is 6. The van der Waals surface area contributed by atoms with Gasteiger partial charge in [0.1, 0.15) is 10.6 Å². The van der Waals surface area contributed by atoms with Crippen LogP contribution in [0.2, 0.25) is 0 Å². The van der Waals surface area contributed by atoms with Gasteiger partial charge in [-0.1, -0.05) is 0 Å². The molecule has 1 heterocycles. The highest BCUT2D eigenvalue weighted by molar-refractivity contribution is 7.89. The van der Waals surface area contributed by atoms with E-state index in [0.717, 1.165) is 12.8 Å². The fourth-order valence-corrected chi connectivity index (χ4v) is 4.36. The monoisotopic (exact) mass is 407 g/mol. The second-order valence-corrected chi connectivity index (χ2v) is 7.73. The Hall–Kier alpha value is -1.39. The molecule has 26 heavy (non-hydrogen) atoms. The predicted molar refractivity (Wildman–Crippen MR) is 101 cm³/mol. The van der Waals surface area contributed by atoms with Crippen LogP contribution in [-0.2, 0) is 19.6 Å². The molecule has 1 fully saturated rings. The molecule has 1 aromatic carbocycles. The zero-order valence-electron chi connectivity index (χ0n) is 14.9. The number of nitrogens with two attached hydrogens (primary N) is 1. The smallest absolute Gasteiger partial charge is 0.246 e. The third-order valence-electron chi connectivity index (χ3n) is 4.14. The van der Waals surface area contributed by atoms with Crippen molar-refractivity contribution in [2.24, 2.45) is 5.73 Å². The van der Waals surface area contributed by atoms with E-state index in [9.17, 15) is 13.2 Å². The Morgan fingerprint density at radius 3 is 2.50 bits per heavy atom. The minimum Gasteiger partial charge on any atom is -0.495 e. The van der Waals surface area contributed by atoms with Crippen molar-refractivity contribution in [3.63, 3.8) is 0 Å². The van der Waals surface area contributed by atoms with E-state index in [1.165, 1.54) is 30.7 Å². The molecular formula is C16H26ClN3O5S. The molecule has 0 aliphatic carbocycles. The van der Waals surface area contributed by atoms with Crippen LogP contribution >= 0.6 is 12.4 Å². The molecule has 0 spiro atoms. The summed E-state index contributed by atoms with van der Waals surface area (Å²) in [4.78, 5) is 12.1. The Morgan fingerprint density at radius 1 is 1.31 bits per heavy atom. The number of carbonyl (C=O) groups is 1. The lowest BCUT2D eigenvalue weighted by Crippen LogP contribution is -2.29. The van der Waals surface area contributed by atoms with Gasteiger partial charge in [-0.3, -0.25) is 4.79 Å². The van der Waals surface area contributed by atoms with E-state index in [4.69, 9.17) is 15.2 Å². The number of nitrogens with one attached hydrogen (secondary N) is 1. The van der Waals surface area contributed by atoms with Crippen molar-refractivity contribution in [2.45, 2.75) is 30.3 Å². The first-order valence-corrected chi connectivity index (χ1v) is 9.57. The Kier molecular flexibility index (Phi) is 8.78. The maximum absolute atomic E-state index is 12.7. The number of nitrogens with zero attached hydrogens (tertiary/aromatic N) is 1. The summed E-state index contributed by atoms with van der Waals surface area (Å²) in [6.07, 6.45) is 1.47. The molecule has 1 atom stereocenters. The molecule has 1 saturated heterocycles. The number of methoxy groups -OCH3 is 2.